The third-order valence-corrected chi connectivity index (χ3v) is 5.55. The molecule has 3 aromatic carbocycles. The Morgan fingerprint density at radius 1 is 0.857 bits per heavy atom. The number of benzene rings is 3. The number of carbonyl (C=O) groups is 1. The van der Waals surface area contributed by atoms with Crippen LogP contribution >= 0.6 is 0 Å². The number of nitrogens with one attached hydrogen (secondary N) is 1. The predicted octanol–water partition coefficient (Wildman–Crippen LogP) is 5.34. The van der Waals surface area contributed by atoms with Gasteiger partial charge in [0.05, 0.1) is 5.57 Å². The van der Waals surface area contributed by atoms with Crippen molar-refractivity contribution in [3.63, 3.8) is 0 Å². The Balaban J connectivity index is 2.24. The van der Waals surface area contributed by atoms with Crippen LogP contribution in [-0.4, -0.2) is 31.1 Å². The first-order valence-corrected chi connectivity index (χ1v) is 11.6. The molecule has 3 aromatic rings. The quantitative estimate of drug-likeness (QED) is 0.141. The molecule has 0 unspecified atom stereocenters. The molecule has 0 fully saturated rings. The molecular formula is C28H28BF3N2O. The van der Waals surface area contributed by atoms with Crippen molar-refractivity contribution in [1.82, 2.24) is 5.32 Å². The maximum absolute atomic E-state index is 14.6. The standard InChI is InChI=1S/C28H28BF3N2O/c1-3-4-20-33-21(2)25(26(35)22-14-8-5-9-15-22)27(28(30,31)32)34-29(23-16-10-6-11-17-23)24-18-12-7-13-19-24/h5-19,33H,3-4,20H2,1-2H3/b25-21-,34-27-. The highest BCUT2D eigenvalue weighted by Crippen LogP contribution is 2.27. The monoisotopic (exact) mass is 476 g/mol. The molecule has 0 spiro atoms. The first kappa shape index (κ1) is 26.0. The molecule has 7 heteroatoms. The summed E-state index contributed by atoms with van der Waals surface area (Å²) in [6.07, 6.45) is -3.22. The van der Waals surface area contributed by atoms with Crippen LogP contribution in [0.3, 0.4) is 0 Å². The van der Waals surface area contributed by atoms with E-state index in [-0.39, 0.29) is 11.3 Å². The number of ketones is 1. The molecular weight excluding hydrogens is 448 g/mol. The normalized spacial score (nSPS) is 12.7. The molecule has 0 aromatic heterocycles. The minimum atomic E-state index is -4.85. The second kappa shape index (κ2) is 12.2. The van der Waals surface area contributed by atoms with Crippen LogP contribution in [0.4, 0.5) is 13.2 Å². The van der Waals surface area contributed by atoms with E-state index in [0.29, 0.717) is 17.5 Å². The van der Waals surface area contributed by atoms with E-state index >= 15 is 0 Å². The van der Waals surface area contributed by atoms with Crippen molar-refractivity contribution in [2.45, 2.75) is 32.9 Å². The largest absolute Gasteiger partial charge is 0.432 e. The Morgan fingerprint density at radius 2 is 1.34 bits per heavy atom. The Morgan fingerprint density at radius 3 is 1.80 bits per heavy atom. The molecule has 35 heavy (non-hydrogen) atoms. The number of halogens is 3. The van der Waals surface area contributed by atoms with Crippen molar-refractivity contribution >= 4 is 29.3 Å². The molecule has 0 aliphatic carbocycles. The molecule has 0 amide bonds. The van der Waals surface area contributed by atoms with Gasteiger partial charge in [0.2, 0.25) is 0 Å². The molecule has 3 nitrogen and oxygen atoms in total. The first-order chi connectivity index (χ1) is 16.8. The molecule has 0 saturated carbocycles. The van der Waals surface area contributed by atoms with Crippen molar-refractivity contribution in [1.29, 1.82) is 0 Å². The summed E-state index contributed by atoms with van der Waals surface area (Å²) < 4.78 is 43.9. The zero-order valence-corrected chi connectivity index (χ0v) is 19.8. The molecule has 3 rings (SSSR count). The van der Waals surface area contributed by atoms with E-state index in [1.807, 2.05) is 6.92 Å². The SMILES string of the molecule is CCCCN/C(C)=C(C(=O)c1ccccc1)\C(=N\B(c1ccccc1)c1ccccc1)C(F)(F)F. The van der Waals surface area contributed by atoms with Crippen molar-refractivity contribution < 1.29 is 18.0 Å². The van der Waals surface area contributed by atoms with Gasteiger partial charge < -0.3 is 10.2 Å². The maximum atomic E-state index is 14.6. The van der Waals surface area contributed by atoms with Crippen molar-refractivity contribution in [3.8, 4) is 0 Å². The lowest BCUT2D eigenvalue weighted by molar-refractivity contribution is -0.0581. The summed E-state index contributed by atoms with van der Waals surface area (Å²) in [7, 11) is 0. The maximum Gasteiger partial charge on any atom is 0.432 e. The molecule has 1 N–H and O–H groups in total. The highest BCUT2D eigenvalue weighted by atomic mass is 19.4. The number of alkyl halides is 3. The van der Waals surface area contributed by atoms with Crippen molar-refractivity contribution in [2.75, 3.05) is 6.54 Å². The summed E-state index contributed by atoms with van der Waals surface area (Å²) in [5.41, 5.74) is -0.121. The molecule has 180 valence electrons. The summed E-state index contributed by atoms with van der Waals surface area (Å²) in [6, 6.07) is 25.6. The van der Waals surface area contributed by atoms with Gasteiger partial charge in [0.25, 0.3) is 0 Å². The number of hydrogen-bond donors (Lipinski definition) is 1. The molecule has 0 aliphatic rings. The van der Waals surface area contributed by atoms with Gasteiger partial charge in [-0.1, -0.05) is 104 Å². The fraction of sp³-hybridized carbons (Fsp3) is 0.214. The predicted molar refractivity (Wildman–Crippen MR) is 138 cm³/mol. The van der Waals surface area contributed by atoms with Gasteiger partial charge in [0, 0.05) is 17.8 Å². The summed E-state index contributed by atoms with van der Waals surface area (Å²) in [5.74, 6) is -0.719. The average Bonchev–Trinajstić information content (AvgIpc) is 2.87. The van der Waals surface area contributed by atoms with E-state index in [4.69, 9.17) is 0 Å². The number of nitrogens with zero attached hydrogens (tertiary/aromatic N) is 1. The Hall–Kier alpha value is -3.61. The van der Waals surface area contributed by atoms with E-state index in [9.17, 15) is 18.0 Å². The molecule has 0 atom stereocenters. The molecule has 0 heterocycles. The third-order valence-electron chi connectivity index (χ3n) is 5.55. The van der Waals surface area contributed by atoms with Crippen LogP contribution in [0.15, 0.2) is 107 Å². The van der Waals surface area contributed by atoms with Crippen molar-refractivity contribution in [2.24, 2.45) is 4.90 Å². The van der Waals surface area contributed by atoms with Crippen molar-refractivity contribution in [3.05, 3.63) is 108 Å². The van der Waals surface area contributed by atoms with E-state index in [1.165, 1.54) is 19.1 Å². The molecule has 0 radical (unpaired) electrons. The Kier molecular flexibility index (Phi) is 9.07. The Labute approximate surface area is 204 Å². The van der Waals surface area contributed by atoms with E-state index in [2.05, 4.69) is 10.2 Å². The summed E-state index contributed by atoms with van der Waals surface area (Å²) in [4.78, 5) is 17.7. The van der Waals surface area contributed by atoms with Crippen LogP contribution in [-0.2, 0) is 0 Å². The van der Waals surface area contributed by atoms with Crippen LogP contribution in [0, 0.1) is 0 Å². The first-order valence-electron chi connectivity index (χ1n) is 11.6. The van der Waals surface area contributed by atoms with E-state index in [1.54, 1.807) is 78.9 Å². The fourth-order valence-corrected chi connectivity index (χ4v) is 3.75. The van der Waals surface area contributed by atoms with Gasteiger partial charge in [-0.15, -0.1) is 0 Å². The summed E-state index contributed by atoms with van der Waals surface area (Å²) in [6.45, 7) is 3.02. The smallest absolute Gasteiger partial charge is 0.388 e. The number of allylic oxidation sites excluding steroid dienone is 2. The van der Waals surface area contributed by atoms with Crippen LogP contribution in [0.2, 0.25) is 0 Å². The van der Waals surface area contributed by atoms with Crippen LogP contribution in [0.1, 0.15) is 37.0 Å². The topological polar surface area (TPSA) is 41.5 Å². The second-order valence-electron chi connectivity index (χ2n) is 8.17. The fourth-order valence-electron chi connectivity index (χ4n) is 3.75. The van der Waals surface area contributed by atoms with Crippen LogP contribution in [0.5, 0.6) is 0 Å². The Bertz CT molecular complexity index is 1120. The third kappa shape index (κ3) is 6.95. The van der Waals surface area contributed by atoms with Gasteiger partial charge in [-0.05, 0) is 24.3 Å². The minimum absolute atomic E-state index is 0.156. The highest BCUT2D eigenvalue weighted by molar-refractivity contribution is 6.84. The molecule has 0 saturated heterocycles. The van der Waals surface area contributed by atoms with Crippen LogP contribution < -0.4 is 16.2 Å². The molecule has 0 aliphatic heterocycles. The van der Waals surface area contributed by atoms with Gasteiger partial charge in [-0.2, -0.15) is 13.2 Å². The number of Topliss-reactive ketones (excluding diaryl/α,β-unsaturated/α-hetero) is 1. The van der Waals surface area contributed by atoms with Gasteiger partial charge in [0.1, 0.15) is 5.71 Å². The van der Waals surface area contributed by atoms with Crippen LogP contribution in [0.25, 0.3) is 0 Å². The zero-order valence-electron chi connectivity index (χ0n) is 19.8. The number of hydrogen-bond acceptors (Lipinski definition) is 3. The van der Waals surface area contributed by atoms with Gasteiger partial charge in [-0.25, -0.2) is 0 Å². The van der Waals surface area contributed by atoms with E-state index < -0.39 is 30.1 Å². The number of unbranched alkanes of at least 4 members (excludes halogenated alkanes) is 1. The second-order valence-corrected chi connectivity index (χ2v) is 8.17. The lowest BCUT2D eigenvalue weighted by Gasteiger charge is -2.20. The minimum Gasteiger partial charge on any atom is -0.388 e. The van der Waals surface area contributed by atoms with Gasteiger partial charge >= 0.3 is 13.0 Å². The summed E-state index contributed by atoms with van der Waals surface area (Å²) in [5, 5.41) is 3.02. The van der Waals surface area contributed by atoms with Gasteiger partial charge in [-0.3, -0.25) is 4.79 Å². The highest BCUT2D eigenvalue weighted by Gasteiger charge is 2.42. The number of rotatable bonds is 10. The lowest BCUT2D eigenvalue weighted by Crippen LogP contribution is -2.44. The van der Waals surface area contributed by atoms with Gasteiger partial charge in [0.15, 0.2) is 5.78 Å². The number of carbonyl (C=O) groups excluding carboxylic acids is 1. The lowest BCUT2D eigenvalue weighted by atomic mass is 9.51. The summed E-state index contributed by atoms with van der Waals surface area (Å²) >= 11 is 0. The average molecular weight is 476 g/mol. The van der Waals surface area contributed by atoms with E-state index in [0.717, 1.165) is 12.8 Å². The molecule has 0 bridgehead atoms. The zero-order chi connectivity index (χ0) is 25.3.